The highest BCUT2D eigenvalue weighted by atomic mass is 16.8. The summed E-state index contributed by atoms with van der Waals surface area (Å²) >= 11 is 0. The van der Waals surface area contributed by atoms with Gasteiger partial charge in [-0.1, -0.05) is 53.2 Å². The minimum atomic E-state index is -1.94. The van der Waals surface area contributed by atoms with Gasteiger partial charge in [0.15, 0.2) is 25.2 Å². The van der Waals surface area contributed by atoms with Crippen LogP contribution < -0.4 is 0 Å². The maximum atomic E-state index is 11.9. The summed E-state index contributed by atoms with van der Waals surface area (Å²) < 4.78 is 56.9. The number of aliphatic hydroxyl groups is 15. The predicted molar refractivity (Wildman–Crippen MR) is 270 cm³/mol. The first-order valence-electron chi connectivity index (χ1n) is 28.4. The van der Waals surface area contributed by atoms with E-state index in [0.29, 0.717) is 44.9 Å². The third kappa shape index (κ3) is 10.0. The predicted octanol–water partition coefficient (Wildman–Crippen LogP) is -2.97. The molecular weight excluding hydrogens is 1040 g/mol. The van der Waals surface area contributed by atoms with Crippen LogP contribution in [-0.2, 0) is 42.6 Å². The van der Waals surface area contributed by atoms with Crippen molar-refractivity contribution in [2.75, 3.05) is 40.1 Å². The average Bonchev–Trinajstić information content (AvgIpc) is 2.95. The normalized spacial score (nSPS) is 55.6. The van der Waals surface area contributed by atoms with Crippen molar-refractivity contribution in [3.05, 3.63) is 11.6 Å². The summed E-state index contributed by atoms with van der Waals surface area (Å²) in [6.45, 7) is 11.8. The van der Waals surface area contributed by atoms with Crippen molar-refractivity contribution in [2.45, 2.75) is 241 Å². The molecule has 24 heteroatoms. The number of aliphatic hydroxyl groups excluding tert-OH is 15. The monoisotopic (exact) mass is 1140 g/mol. The van der Waals surface area contributed by atoms with E-state index >= 15 is 0 Å². The lowest BCUT2D eigenvalue weighted by Gasteiger charge is -2.73. The molecule has 0 spiro atoms. The number of allylic oxidation sites excluding steroid dienone is 1. The van der Waals surface area contributed by atoms with Crippen LogP contribution in [0.15, 0.2) is 11.6 Å². The summed E-state index contributed by atoms with van der Waals surface area (Å²) in [6.07, 6.45) is -28.0. The van der Waals surface area contributed by atoms with Gasteiger partial charge in [-0.15, -0.1) is 0 Å². The Bertz CT molecular complexity index is 2120. The van der Waals surface area contributed by atoms with Crippen molar-refractivity contribution in [3.63, 3.8) is 0 Å². The minimum Gasteiger partial charge on any atom is -0.396 e. The second-order valence-electron chi connectivity index (χ2n) is 26.6. The van der Waals surface area contributed by atoms with E-state index < -0.39 is 188 Å². The summed E-state index contributed by atoms with van der Waals surface area (Å²) in [5, 5.41) is 164. The molecule has 24 nitrogen and oxygen atoms in total. The van der Waals surface area contributed by atoms with Crippen LogP contribution in [0.25, 0.3) is 0 Å². The molecule has 15 N–H and O–H groups in total. The van der Waals surface area contributed by atoms with Crippen LogP contribution in [0.1, 0.15) is 99.8 Å². The van der Waals surface area contributed by atoms with Gasteiger partial charge in [-0.3, -0.25) is 0 Å². The fraction of sp³-hybridized carbons (Fsp3) is 0.964. The van der Waals surface area contributed by atoms with Gasteiger partial charge in [0.2, 0.25) is 0 Å². The van der Waals surface area contributed by atoms with Crippen LogP contribution in [0.2, 0.25) is 0 Å². The van der Waals surface area contributed by atoms with Crippen molar-refractivity contribution in [1.82, 2.24) is 0 Å². The second-order valence-corrected chi connectivity index (χ2v) is 26.6. The van der Waals surface area contributed by atoms with E-state index in [2.05, 4.69) is 40.7 Å². The Labute approximate surface area is 461 Å². The molecule has 0 radical (unpaired) electrons. The molecule has 31 unspecified atom stereocenters. The minimum absolute atomic E-state index is 0.135. The van der Waals surface area contributed by atoms with Gasteiger partial charge in [-0.2, -0.15) is 0 Å². The molecule has 4 heterocycles. The quantitative estimate of drug-likeness (QED) is 0.0610. The number of methoxy groups -OCH3 is 1. The van der Waals surface area contributed by atoms with Crippen LogP contribution in [0.4, 0.5) is 0 Å². The van der Waals surface area contributed by atoms with Gasteiger partial charge >= 0.3 is 0 Å². The molecule has 79 heavy (non-hydrogen) atoms. The first-order valence-corrected chi connectivity index (χ1v) is 28.4. The van der Waals surface area contributed by atoms with Gasteiger partial charge in [-0.05, 0) is 91.8 Å². The van der Waals surface area contributed by atoms with Gasteiger partial charge in [0.25, 0.3) is 0 Å². The van der Waals surface area contributed by atoms with E-state index in [1.165, 1.54) is 6.92 Å². The van der Waals surface area contributed by atoms with Crippen LogP contribution >= 0.6 is 0 Å². The van der Waals surface area contributed by atoms with Gasteiger partial charge in [0, 0.05) is 23.9 Å². The van der Waals surface area contributed by atoms with Crippen LogP contribution in [0.5, 0.6) is 0 Å². The molecule has 5 aliphatic carbocycles. The number of fused-ring (bicyclic) bond motifs is 7. The first kappa shape index (κ1) is 62.3. The number of hydrogen-bond acceptors (Lipinski definition) is 24. The number of ether oxygens (including phenoxy) is 9. The lowest BCUT2D eigenvalue weighted by Crippen LogP contribution is -2.71. The summed E-state index contributed by atoms with van der Waals surface area (Å²) in [6, 6.07) is 0. The Hall–Kier alpha value is -1.22. The SMILES string of the molecule is COC1C=C2C3CC(C)(C)CCC3(CO)C(OC3OC(CO)C(O)C(O)C3O)CC2(C)C2(C)CCC3C(C)(CO)C(OC4OC(C)C(O)C(OC5OC(CO)C(O)C(O)C5O)C4OC4OC(CO)C(O)C(O)C4O)CCC3(C)C12. The standard InChI is InChI=1S/C55H92O24/c1-23-33(61)43(78-47-41(69)38(66)35(63)28(19-57)74-47)44(79-48-42(70)39(67)36(64)29(20-58)75-48)49(72-23)76-31-10-11-51(4)30(52(31,5)21-59)9-12-53(6)45(51)26(71-8)15-24-25-16-50(2,3)13-14-55(25,22-60)32(17-54(24,53)7)77-46-40(68)37(65)34(62)27(18-56)73-46/h15,23,25-49,56-70H,9-14,16-22H2,1-8H3. The largest absolute Gasteiger partial charge is 0.396 e. The summed E-state index contributed by atoms with van der Waals surface area (Å²) in [5.74, 6) is -0.702. The Morgan fingerprint density at radius 3 is 1.52 bits per heavy atom. The fourth-order valence-corrected chi connectivity index (χ4v) is 16.9. The fourth-order valence-electron chi connectivity index (χ4n) is 16.9. The van der Waals surface area contributed by atoms with Crippen molar-refractivity contribution in [2.24, 2.45) is 50.2 Å². The molecule has 0 bridgehead atoms. The average molecular weight is 1140 g/mol. The Morgan fingerprint density at radius 1 is 0.519 bits per heavy atom. The molecule has 0 amide bonds. The van der Waals surface area contributed by atoms with Crippen molar-refractivity contribution >= 4 is 0 Å². The lowest BCUT2D eigenvalue weighted by atomic mass is 9.32. The summed E-state index contributed by atoms with van der Waals surface area (Å²) in [7, 11) is 1.70. The maximum Gasteiger partial charge on any atom is 0.187 e. The molecule has 4 saturated carbocycles. The molecule has 4 saturated heterocycles. The third-order valence-electron chi connectivity index (χ3n) is 21.9. The Kier molecular flexibility index (Phi) is 18.1. The van der Waals surface area contributed by atoms with Gasteiger partial charge in [-0.25, -0.2) is 0 Å². The highest BCUT2D eigenvalue weighted by Gasteiger charge is 2.73. The van der Waals surface area contributed by atoms with E-state index in [4.69, 9.17) is 42.6 Å². The molecule has 8 fully saturated rings. The van der Waals surface area contributed by atoms with Gasteiger partial charge in [0.1, 0.15) is 91.6 Å². The van der Waals surface area contributed by atoms with E-state index in [9.17, 15) is 76.6 Å². The van der Waals surface area contributed by atoms with Gasteiger partial charge < -0.3 is 119 Å². The summed E-state index contributed by atoms with van der Waals surface area (Å²) in [5.41, 5.74) is -2.65. The molecule has 31 atom stereocenters. The smallest absolute Gasteiger partial charge is 0.187 e. The molecule has 9 rings (SSSR count). The molecule has 9 aliphatic rings. The van der Waals surface area contributed by atoms with Gasteiger partial charge in [0.05, 0.1) is 57.5 Å². The molecule has 0 aromatic rings. The van der Waals surface area contributed by atoms with Crippen molar-refractivity contribution in [3.8, 4) is 0 Å². The zero-order chi connectivity index (χ0) is 57.9. The van der Waals surface area contributed by atoms with Crippen LogP contribution in [-0.4, -0.2) is 258 Å². The molecule has 0 aromatic heterocycles. The Balaban J connectivity index is 1.06. The molecule has 4 aliphatic heterocycles. The number of hydrogen-bond donors (Lipinski definition) is 15. The zero-order valence-electron chi connectivity index (χ0n) is 46.7. The van der Waals surface area contributed by atoms with E-state index in [1.54, 1.807) is 7.11 Å². The van der Waals surface area contributed by atoms with Crippen LogP contribution in [0, 0.1) is 50.2 Å². The summed E-state index contributed by atoms with van der Waals surface area (Å²) in [4.78, 5) is 0. The highest BCUT2D eigenvalue weighted by molar-refractivity contribution is 5.37. The lowest BCUT2D eigenvalue weighted by molar-refractivity contribution is -0.398. The zero-order valence-corrected chi connectivity index (χ0v) is 46.7. The van der Waals surface area contributed by atoms with E-state index in [0.717, 1.165) is 12.0 Å². The molecule has 456 valence electrons. The highest BCUT2D eigenvalue weighted by Crippen LogP contribution is 2.76. The maximum absolute atomic E-state index is 11.9. The van der Waals surface area contributed by atoms with Crippen molar-refractivity contribution < 1.29 is 119 Å². The van der Waals surface area contributed by atoms with Crippen molar-refractivity contribution in [1.29, 1.82) is 0 Å². The van der Waals surface area contributed by atoms with E-state index in [-0.39, 0.29) is 36.4 Å². The van der Waals surface area contributed by atoms with Crippen LogP contribution in [0.3, 0.4) is 0 Å². The third-order valence-corrected chi connectivity index (χ3v) is 21.9. The molecule has 0 aromatic carbocycles. The second kappa shape index (κ2) is 22.9. The molecular formula is C55H92O24. The Morgan fingerprint density at radius 2 is 1.03 bits per heavy atom. The van der Waals surface area contributed by atoms with E-state index in [1.807, 2.05) is 6.92 Å². The number of rotatable bonds is 14. The topological polar surface area (TPSA) is 387 Å². The first-order chi connectivity index (χ1) is 37.1.